The lowest BCUT2D eigenvalue weighted by Gasteiger charge is -2.39. The Hall–Kier alpha value is -2.63. The van der Waals surface area contributed by atoms with E-state index in [0.29, 0.717) is 0 Å². The summed E-state index contributed by atoms with van der Waals surface area (Å²) in [6.07, 6.45) is 0.755. The number of phenolic OH excluding ortho intramolecular Hbond substituents is 2. The van der Waals surface area contributed by atoms with Crippen molar-refractivity contribution >= 4 is 17.3 Å². The first kappa shape index (κ1) is 21.1. The number of phenols is 2. The predicted molar refractivity (Wildman–Crippen MR) is 107 cm³/mol. The Labute approximate surface area is 170 Å². The maximum atomic E-state index is 13.0. The molecule has 1 aromatic rings. The lowest BCUT2D eigenvalue weighted by Crippen LogP contribution is -2.43. The minimum absolute atomic E-state index is 0.0247. The first-order chi connectivity index (χ1) is 13.3. The SMILES string of the molecule is CC1(C)CC(=O)C([C@@H](C2=C(O)CC(C)(C)CC2=O)c2ccc(O)cc2O)C(=O)C1. The molecule has 0 aromatic heterocycles. The van der Waals surface area contributed by atoms with Gasteiger partial charge in [-0.05, 0) is 16.9 Å². The molecule has 0 radical (unpaired) electrons. The van der Waals surface area contributed by atoms with E-state index in [1.807, 2.05) is 27.7 Å². The number of Topliss-reactive ketones (excluding diaryl/α,β-unsaturated/α-hetero) is 3. The number of hydrogen-bond donors (Lipinski definition) is 3. The number of carbonyl (C=O) groups excluding carboxylic acids is 3. The highest BCUT2D eigenvalue weighted by molar-refractivity contribution is 6.09. The Bertz CT molecular complexity index is 901. The number of ketones is 3. The quantitative estimate of drug-likeness (QED) is 0.662. The highest BCUT2D eigenvalue weighted by Crippen LogP contribution is 2.49. The fourth-order valence-electron chi connectivity index (χ4n) is 4.73. The third kappa shape index (κ3) is 4.07. The molecule has 0 amide bonds. The van der Waals surface area contributed by atoms with Crippen molar-refractivity contribution in [1.82, 2.24) is 0 Å². The maximum Gasteiger partial charge on any atom is 0.163 e. The van der Waals surface area contributed by atoms with E-state index in [1.165, 1.54) is 12.1 Å². The number of hydrogen-bond acceptors (Lipinski definition) is 6. The van der Waals surface area contributed by atoms with Crippen LogP contribution in [0.3, 0.4) is 0 Å². The molecule has 156 valence electrons. The molecule has 0 bridgehead atoms. The summed E-state index contributed by atoms with van der Waals surface area (Å²) in [5.41, 5.74) is -0.698. The summed E-state index contributed by atoms with van der Waals surface area (Å²) in [7, 11) is 0. The number of rotatable bonds is 3. The van der Waals surface area contributed by atoms with Gasteiger partial charge in [-0.1, -0.05) is 33.8 Å². The van der Waals surface area contributed by atoms with E-state index >= 15 is 0 Å². The van der Waals surface area contributed by atoms with Crippen LogP contribution < -0.4 is 0 Å². The zero-order valence-electron chi connectivity index (χ0n) is 17.3. The van der Waals surface area contributed by atoms with E-state index in [0.717, 1.165) is 6.07 Å². The first-order valence-electron chi connectivity index (χ1n) is 9.84. The largest absolute Gasteiger partial charge is 0.512 e. The molecule has 3 N–H and O–H groups in total. The second-order valence-corrected chi connectivity index (χ2v) is 9.95. The normalized spacial score (nSPS) is 23.4. The van der Waals surface area contributed by atoms with Gasteiger partial charge >= 0.3 is 0 Å². The minimum atomic E-state index is -1.15. The van der Waals surface area contributed by atoms with Crippen molar-refractivity contribution in [1.29, 1.82) is 0 Å². The fourth-order valence-corrected chi connectivity index (χ4v) is 4.73. The van der Waals surface area contributed by atoms with Crippen LogP contribution in [0.1, 0.15) is 64.9 Å². The number of benzene rings is 1. The zero-order chi connectivity index (χ0) is 21.7. The van der Waals surface area contributed by atoms with Gasteiger partial charge in [0.25, 0.3) is 0 Å². The van der Waals surface area contributed by atoms with Crippen LogP contribution in [-0.2, 0) is 14.4 Å². The summed E-state index contributed by atoms with van der Waals surface area (Å²) in [6.45, 7) is 7.42. The number of aliphatic hydroxyl groups is 1. The third-order valence-electron chi connectivity index (χ3n) is 5.89. The Balaban J connectivity index is 2.20. The van der Waals surface area contributed by atoms with Gasteiger partial charge in [-0.15, -0.1) is 0 Å². The Morgan fingerprint density at radius 2 is 1.41 bits per heavy atom. The molecule has 0 heterocycles. The number of aromatic hydroxyl groups is 2. The Morgan fingerprint density at radius 3 is 1.93 bits per heavy atom. The van der Waals surface area contributed by atoms with Gasteiger partial charge in [-0.3, -0.25) is 14.4 Å². The second kappa shape index (κ2) is 7.01. The smallest absolute Gasteiger partial charge is 0.163 e. The van der Waals surface area contributed by atoms with Gasteiger partial charge in [0.05, 0.1) is 5.92 Å². The molecular formula is C23H28O6. The fraction of sp³-hybridized carbons (Fsp3) is 0.522. The van der Waals surface area contributed by atoms with E-state index in [1.54, 1.807) is 0 Å². The number of allylic oxidation sites excluding steroid dienone is 2. The third-order valence-corrected chi connectivity index (χ3v) is 5.89. The van der Waals surface area contributed by atoms with Gasteiger partial charge < -0.3 is 15.3 Å². The van der Waals surface area contributed by atoms with Gasteiger partial charge in [0.1, 0.15) is 28.8 Å². The molecule has 3 rings (SSSR count). The molecule has 0 aliphatic heterocycles. The standard InChI is InChI=1S/C23H28O6/c1-22(2)8-15(26)20(16(27)9-22)19(13-6-5-12(24)7-14(13)25)21-17(28)10-23(3,4)11-18(21)29/h5-7,19-20,24-25,28H,8-11H2,1-4H3/t19-/m0/s1. The molecule has 0 unspecified atom stereocenters. The summed E-state index contributed by atoms with van der Waals surface area (Å²) in [5, 5.41) is 30.9. The average Bonchev–Trinajstić information content (AvgIpc) is 2.50. The van der Waals surface area contributed by atoms with Crippen LogP contribution in [-0.4, -0.2) is 32.7 Å². The van der Waals surface area contributed by atoms with Crippen LogP contribution in [0, 0.1) is 16.7 Å². The van der Waals surface area contributed by atoms with Crippen molar-refractivity contribution in [3.05, 3.63) is 35.1 Å². The van der Waals surface area contributed by atoms with E-state index < -0.39 is 22.7 Å². The predicted octanol–water partition coefficient (Wildman–Crippen LogP) is 3.96. The first-order valence-corrected chi connectivity index (χ1v) is 9.84. The van der Waals surface area contributed by atoms with Crippen molar-refractivity contribution in [2.45, 2.75) is 59.3 Å². The molecule has 0 saturated heterocycles. The van der Waals surface area contributed by atoms with Crippen molar-refractivity contribution in [2.75, 3.05) is 0 Å². The zero-order valence-corrected chi connectivity index (χ0v) is 17.3. The van der Waals surface area contributed by atoms with E-state index in [-0.39, 0.29) is 71.4 Å². The molecule has 1 atom stereocenters. The molecular weight excluding hydrogens is 372 g/mol. The van der Waals surface area contributed by atoms with Crippen LogP contribution in [0.4, 0.5) is 0 Å². The van der Waals surface area contributed by atoms with E-state index in [2.05, 4.69) is 0 Å². The van der Waals surface area contributed by atoms with Gasteiger partial charge in [0.2, 0.25) is 0 Å². The summed E-state index contributed by atoms with van der Waals surface area (Å²) in [6, 6.07) is 3.85. The van der Waals surface area contributed by atoms with Crippen molar-refractivity contribution in [3.63, 3.8) is 0 Å². The summed E-state index contributed by atoms with van der Waals surface area (Å²) >= 11 is 0. The average molecular weight is 400 g/mol. The highest BCUT2D eigenvalue weighted by Gasteiger charge is 2.49. The topological polar surface area (TPSA) is 112 Å². The van der Waals surface area contributed by atoms with Crippen LogP contribution in [0.5, 0.6) is 11.5 Å². The molecule has 29 heavy (non-hydrogen) atoms. The number of carbonyl (C=O) groups is 3. The molecule has 6 nitrogen and oxygen atoms in total. The van der Waals surface area contributed by atoms with Crippen LogP contribution in [0.15, 0.2) is 29.5 Å². The van der Waals surface area contributed by atoms with Crippen LogP contribution in [0.25, 0.3) is 0 Å². The van der Waals surface area contributed by atoms with Gasteiger partial charge in [-0.2, -0.15) is 0 Å². The maximum absolute atomic E-state index is 13.0. The molecule has 1 saturated carbocycles. The van der Waals surface area contributed by atoms with E-state index in [4.69, 9.17) is 0 Å². The van der Waals surface area contributed by atoms with E-state index in [9.17, 15) is 29.7 Å². The Morgan fingerprint density at radius 1 is 0.862 bits per heavy atom. The summed E-state index contributed by atoms with van der Waals surface area (Å²) < 4.78 is 0. The molecule has 1 fully saturated rings. The number of aliphatic hydroxyl groups excluding tert-OH is 1. The Kier molecular flexibility index (Phi) is 5.10. The highest BCUT2D eigenvalue weighted by atomic mass is 16.3. The van der Waals surface area contributed by atoms with Crippen molar-refractivity contribution < 1.29 is 29.7 Å². The monoisotopic (exact) mass is 400 g/mol. The molecule has 6 heteroatoms. The molecule has 2 aliphatic carbocycles. The summed E-state index contributed by atoms with van der Waals surface area (Å²) in [4.78, 5) is 39.1. The van der Waals surface area contributed by atoms with Crippen molar-refractivity contribution in [2.24, 2.45) is 16.7 Å². The second-order valence-electron chi connectivity index (χ2n) is 9.95. The summed E-state index contributed by atoms with van der Waals surface area (Å²) in [5.74, 6) is -3.81. The molecule has 0 spiro atoms. The van der Waals surface area contributed by atoms with Crippen LogP contribution in [0.2, 0.25) is 0 Å². The van der Waals surface area contributed by atoms with Gasteiger partial charge in [-0.25, -0.2) is 0 Å². The van der Waals surface area contributed by atoms with Crippen molar-refractivity contribution in [3.8, 4) is 11.5 Å². The minimum Gasteiger partial charge on any atom is -0.512 e. The van der Waals surface area contributed by atoms with Gasteiger partial charge in [0.15, 0.2) is 5.78 Å². The lowest BCUT2D eigenvalue weighted by atomic mass is 9.62. The van der Waals surface area contributed by atoms with Crippen LogP contribution >= 0.6 is 0 Å². The molecule has 1 aromatic carbocycles. The molecule has 2 aliphatic rings. The lowest BCUT2D eigenvalue weighted by molar-refractivity contribution is -0.140. The van der Waals surface area contributed by atoms with Gasteiger partial charge in [0, 0.05) is 48.8 Å².